The Labute approximate surface area is 147 Å². The first kappa shape index (κ1) is 16.3. The number of carbonyl (C=O) groups is 1. The van der Waals surface area contributed by atoms with E-state index in [1.807, 2.05) is 26.0 Å². The number of aryl methyl sites for hydroxylation is 1. The first-order valence-electron chi connectivity index (χ1n) is 9.03. The van der Waals surface area contributed by atoms with E-state index >= 15 is 0 Å². The lowest BCUT2D eigenvalue weighted by atomic mass is 9.99. The highest BCUT2D eigenvalue weighted by molar-refractivity contribution is 5.96. The third-order valence-corrected chi connectivity index (χ3v) is 5.43. The number of benzene rings is 1. The molecule has 1 aromatic carbocycles. The van der Waals surface area contributed by atoms with E-state index in [-0.39, 0.29) is 18.5 Å². The summed E-state index contributed by atoms with van der Waals surface area (Å²) in [5.74, 6) is 0.0194. The van der Waals surface area contributed by atoms with Crippen molar-refractivity contribution in [1.29, 1.82) is 0 Å². The molecular formula is C19H24N4O2. The molecule has 0 spiro atoms. The van der Waals surface area contributed by atoms with Crippen LogP contribution in [0.25, 0.3) is 0 Å². The van der Waals surface area contributed by atoms with Gasteiger partial charge in [0.2, 0.25) is 0 Å². The van der Waals surface area contributed by atoms with Gasteiger partial charge in [-0.2, -0.15) is 0 Å². The van der Waals surface area contributed by atoms with E-state index in [2.05, 4.69) is 16.4 Å². The monoisotopic (exact) mass is 340 g/mol. The van der Waals surface area contributed by atoms with Crippen molar-refractivity contribution < 1.29 is 9.90 Å². The molecule has 0 radical (unpaired) electrons. The highest BCUT2D eigenvalue weighted by Crippen LogP contribution is 2.33. The second kappa shape index (κ2) is 5.95. The summed E-state index contributed by atoms with van der Waals surface area (Å²) in [6.07, 6.45) is 5.42. The lowest BCUT2D eigenvalue weighted by Crippen LogP contribution is -2.35. The van der Waals surface area contributed by atoms with Crippen molar-refractivity contribution in [1.82, 2.24) is 19.9 Å². The minimum atomic E-state index is -1.11. The molecule has 1 fully saturated rings. The maximum Gasteiger partial charge on any atom is 0.254 e. The van der Waals surface area contributed by atoms with E-state index in [1.54, 1.807) is 15.8 Å². The Morgan fingerprint density at radius 2 is 2.16 bits per heavy atom. The summed E-state index contributed by atoms with van der Waals surface area (Å²) >= 11 is 0. The van der Waals surface area contributed by atoms with Crippen LogP contribution >= 0.6 is 0 Å². The molecule has 25 heavy (non-hydrogen) atoms. The summed E-state index contributed by atoms with van der Waals surface area (Å²) in [6.45, 7) is 4.84. The van der Waals surface area contributed by atoms with Gasteiger partial charge >= 0.3 is 0 Å². The van der Waals surface area contributed by atoms with Crippen LogP contribution in [-0.4, -0.2) is 44.0 Å². The zero-order chi connectivity index (χ0) is 17.6. The third-order valence-electron chi connectivity index (χ3n) is 5.43. The van der Waals surface area contributed by atoms with Crippen molar-refractivity contribution >= 4 is 5.91 Å². The first-order chi connectivity index (χ1) is 12.0. The summed E-state index contributed by atoms with van der Waals surface area (Å²) in [7, 11) is 0. The fourth-order valence-electron chi connectivity index (χ4n) is 3.91. The molecule has 1 amide bonds. The molecule has 2 aliphatic rings. The molecule has 1 saturated heterocycles. The molecule has 1 atom stereocenters. The number of aliphatic hydroxyl groups is 1. The number of hydrogen-bond donors (Lipinski definition) is 1. The molecule has 6 nitrogen and oxygen atoms in total. The van der Waals surface area contributed by atoms with E-state index in [4.69, 9.17) is 0 Å². The van der Waals surface area contributed by atoms with Gasteiger partial charge in [-0.3, -0.25) is 4.79 Å². The lowest BCUT2D eigenvalue weighted by molar-refractivity contribution is 0.0381. The minimum Gasteiger partial charge on any atom is -0.381 e. The van der Waals surface area contributed by atoms with Crippen LogP contribution in [0.2, 0.25) is 0 Å². The quantitative estimate of drug-likeness (QED) is 0.929. The molecule has 4 rings (SSSR count). The zero-order valence-corrected chi connectivity index (χ0v) is 14.8. The Morgan fingerprint density at radius 3 is 2.92 bits per heavy atom. The Balaban J connectivity index is 1.56. The molecule has 6 heteroatoms. The van der Waals surface area contributed by atoms with Crippen molar-refractivity contribution in [3.63, 3.8) is 0 Å². The van der Waals surface area contributed by atoms with Gasteiger partial charge in [0.15, 0.2) is 0 Å². The van der Waals surface area contributed by atoms with Gasteiger partial charge in [-0.05, 0) is 50.3 Å². The summed E-state index contributed by atoms with van der Waals surface area (Å²) in [5.41, 5.74) is 2.72. The average Bonchev–Trinajstić information content (AvgIpc) is 3.32. The second-order valence-corrected chi connectivity index (χ2v) is 7.48. The van der Waals surface area contributed by atoms with Crippen LogP contribution in [0.1, 0.15) is 59.9 Å². The van der Waals surface area contributed by atoms with Crippen molar-refractivity contribution in [3.8, 4) is 0 Å². The molecule has 1 N–H and O–H groups in total. The smallest absolute Gasteiger partial charge is 0.254 e. The van der Waals surface area contributed by atoms with Gasteiger partial charge < -0.3 is 10.0 Å². The van der Waals surface area contributed by atoms with E-state index in [9.17, 15) is 9.90 Å². The van der Waals surface area contributed by atoms with E-state index in [1.165, 1.54) is 11.1 Å². The summed E-state index contributed by atoms with van der Waals surface area (Å²) in [6, 6.07) is 6.19. The number of aromatic nitrogens is 3. The van der Waals surface area contributed by atoms with Gasteiger partial charge in [-0.1, -0.05) is 17.3 Å². The maximum atomic E-state index is 13.0. The fourth-order valence-corrected chi connectivity index (χ4v) is 3.91. The standard InChI is InChI=1S/C19H24N4O2/c1-13(2)23-11-17(20-21-23)19(25)9-10-22(12-19)18(24)16-8-4-6-14-5-3-7-15(14)16/h4,6,8,11,13,25H,3,5,7,9-10,12H2,1-2H3/t19-/m0/s1. The van der Waals surface area contributed by atoms with Gasteiger partial charge in [-0.15, -0.1) is 5.10 Å². The van der Waals surface area contributed by atoms with Crippen LogP contribution in [-0.2, 0) is 18.4 Å². The van der Waals surface area contributed by atoms with Crippen molar-refractivity contribution in [2.75, 3.05) is 13.1 Å². The van der Waals surface area contributed by atoms with Gasteiger partial charge in [-0.25, -0.2) is 4.68 Å². The van der Waals surface area contributed by atoms with Gasteiger partial charge in [0.05, 0.1) is 12.7 Å². The predicted molar refractivity (Wildman–Crippen MR) is 93.3 cm³/mol. The number of nitrogens with zero attached hydrogens (tertiary/aromatic N) is 4. The van der Waals surface area contributed by atoms with E-state index in [0.29, 0.717) is 18.7 Å². The maximum absolute atomic E-state index is 13.0. The summed E-state index contributed by atoms with van der Waals surface area (Å²) in [4.78, 5) is 14.8. The SMILES string of the molecule is CC(C)n1cc([C@]2(O)CCN(C(=O)c3cccc4c3CCC4)C2)nn1. The summed E-state index contributed by atoms with van der Waals surface area (Å²) in [5, 5.41) is 19.2. The van der Waals surface area contributed by atoms with E-state index < -0.39 is 5.60 Å². The first-order valence-corrected chi connectivity index (χ1v) is 9.03. The second-order valence-electron chi connectivity index (χ2n) is 7.48. The number of carbonyl (C=O) groups excluding carboxylic acids is 1. The van der Waals surface area contributed by atoms with Gasteiger partial charge in [0.25, 0.3) is 5.91 Å². The largest absolute Gasteiger partial charge is 0.381 e. The third kappa shape index (κ3) is 2.74. The van der Waals surface area contributed by atoms with Gasteiger partial charge in [0, 0.05) is 24.6 Å². The molecule has 1 aliphatic carbocycles. The molecule has 1 aromatic heterocycles. The minimum absolute atomic E-state index is 0.0194. The lowest BCUT2D eigenvalue weighted by Gasteiger charge is -2.22. The fraction of sp³-hybridized carbons (Fsp3) is 0.526. The number of likely N-dealkylation sites (tertiary alicyclic amines) is 1. The van der Waals surface area contributed by atoms with Crippen LogP contribution in [0, 0.1) is 0 Å². The number of amides is 1. The Kier molecular flexibility index (Phi) is 3.87. The Morgan fingerprint density at radius 1 is 1.32 bits per heavy atom. The predicted octanol–water partition coefficient (Wildman–Crippen LogP) is 2.08. The summed E-state index contributed by atoms with van der Waals surface area (Å²) < 4.78 is 1.74. The van der Waals surface area contributed by atoms with Crippen LogP contribution in [0.4, 0.5) is 0 Å². The van der Waals surface area contributed by atoms with Crippen LogP contribution in [0.5, 0.6) is 0 Å². The molecular weight excluding hydrogens is 316 g/mol. The molecule has 0 saturated carbocycles. The molecule has 132 valence electrons. The normalized spacial score (nSPS) is 22.6. The van der Waals surface area contributed by atoms with Crippen LogP contribution < -0.4 is 0 Å². The Bertz CT molecular complexity index is 814. The molecule has 1 aliphatic heterocycles. The van der Waals surface area contributed by atoms with Crippen molar-refractivity contribution in [2.45, 2.75) is 51.2 Å². The molecule has 2 heterocycles. The number of rotatable bonds is 3. The van der Waals surface area contributed by atoms with Gasteiger partial charge in [0.1, 0.15) is 11.3 Å². The van der Waals surface area contributed by atoms with E-state index in [0.717, 1.165) is 24.8 Å². The number of fused-ring (bicyclic) bond motifs is 1. The van der Waals surface area contributed by atoms with Crippen molar-refractivity contribution in [2.24, 2.45) is 0 Å². The molecule has 0 unspecified atom stereocenters. The number of β-amino-alcohol motifs (C(OH)–C–C–N with tert-alkyl or cyclic N) is 1. The molecule has 2 aromatic rings. The van der Waals surface area contributed by atoms with Crippen molar-refractivity contribution in [3.05, 3.63) is 46.8 Å². The average molecular weight is 340 g/mol. The molecule has 0 bridgehead atoms. The highest BCUT2D eigenvalue weighted by atomic mass is 16.3. The highest BCUT2D eigenvalue weighted by Gasteiger charge is 2.42. The van der Waals surface area contributed by atoms with Crippen LogP contribution in [0.3, 0.4) is 0 Å². The topological polar surface area (TPSA) is 71.2 Å². The number of hydrogen-bond acceptors (Lipinski definition) is 4. The zero-order valence-electron chi connectivity index (χ0n) is 14.8. The Hall–Kier alpha value is -2.21. The van der Waals surface area contributed by atoms with Crippen LogP contribution in [0.15, 0.2) is 24.4 Å².